The molecule has 0 radical (unpaired) electrons. The number of hydrogen-bond acceptors (Lipinski definition) is 4. The first-order chi connectivity index (χ1) is 17.3. The van der Waals surface area contributed by atoms with E-state index in [0.717, 1.165) is 21.4 Å². The van der Waals surface area contributed by atoms with E-state index in [1.54, 1.807) is 11.3 Å². The van der Waals surface area contributed by atoms with Gasteiger partial charge in [0.2, 0.25) is 0 Å². The molecular weight excluding hydrogens is 446 g/mol. The lowest BCUT2D eigenvalue weighted by Crippen LogP contribution is -2.08. The van der Waals surface area contributed by atoms with Crippen molar-refractivity contribution in [3.8, 4) is 0 Å². The van der Waals surface area contributed by atoms with E-state index in [0.29, 0.717) is 0 Å². The molecule has 164 valence electrons. The molecular formula is C31H19N3S. The van der Waals surface area contributed by atoms with Crippen LogP contribution in [0.3, 0.4) is 0 Å². The Bertz CT molecular complexity index is 2160. The Kier molecular flexibility index (Phi) is 3.76. The van der Waals surface area contributed by atoms with Crippen LogP contribution in [0.5, 0.6) is 0 Å². The summed E-state index contributed by atoms with van der Waals surface area (Å²) in [5.41, 5.74) is 3.91. The molecule has 6 aromatic carbocycles. The van der Waals surface area contributed by atoms with Gasteiger partial charge in [-0.15, -0.1) is 11.3 Å². The predicted octanol–water partition coefficient (Wildman–Crippen LogP) is 8.50. The van der Waals surface area contributed by atoms with Gasteiger partial charge in [0.25, 0.3) is 0 Å². The maximum absolute atomic E-state index is 6.10. The lowest BCUT2D eigenvalue weighted by atomic mass is 9.92. The first-order valence-corrected chi connectivity index (χ1v) is 12.5. The zero-order valence-electron chi connectivity index (χ0n) is 18.7. The van der Waals surface area contributed by atoms with E-state index in [1.165, 1.54) is 58.6 Å². The molecule has 4 heteroatoms. The third kappa shape index (κ3) is 2.40. The number of nitrogens with zero attached hydrogens (tertiary/aromatic N) is 1. The largest absolute Gasteiger partial charge is 0.307 e. The molecule has 3 nitrogen and oxygen atoms in total. The van der Waals surface area contributed by atoms with Crippen LogP contribution in [0.1, 0.15) is 0 Å². The Morgan fingerprint density at radius 1 is 0.486 bits per heavy atom. The summed E-state index contributed by atoms with van der Waals surface area (Å²) >= 11 is 1.78. The average molecular weight is 466 g/mol. The van der Waals surface area contributed by atoms with Gasteiger partial charge in [0, 0.05) is 31.6 Å². The lowest BCUT2D eigenvalue weighted by molar-refractivity contribution is 1.29. The van der Waals surface area contributed by atoms with Crippen molar-refractivity contribution in [2.75, 3.05) is 5.43 Å². The summed E-state index contributed by atoms with van der Waals surface area (Å²) in [6.07, 6.45) is 0. The second-order valence-electron chi connectivity index (χ2n) is 9.02. The van der Waals surface area contributed by atoms with Gasteiger partial charge in [-0.25, -0.2) is 10.8 Å². The van der Waals surface area contributed by atoms with Gasteiger partial charge in [-0.1, -0.05) is 97.1 Å². The van der Waals surface area contributed by atoms with Crippen molar-refractivity contribution in [1.82, 2.24) is 4.98 Å². The number of pyridine rings is 1. The fourth-order valence-corrected chi connectivity index (χ4v) is 7.20. The quantitative estimate of drug-likeness (QED) is 0.145. The number of rotatable bonds is 1. The lowest BCUT2D eigenvalue weighted by Gasteiger charge is -2.13. The molecule has 8 aromatic rings. The van der Waals surface area contributed by atoms with Crippen molar-refractivity contribution >= 4 is 91.3 Å². The number of aromatic nitrogens is 1. The van der Waals surface area contributed by atoms with Gasteiger partial charge in [-0.3, -0.25) is 0 Å². The summed E-state index contributed by atoms with van der Waals surface area (Å²) in [7, 11) is 0. The van der Waals surface area contributed by atoms with Crippen LogP contribution < -0.4 is 11.3 Å². The number of nitrogens with two attached hydrogens (primary N) is 1. The summed E-state index contributed by atoms with van der Waals surface area (Å²) in [5.74, 6) is 6.83. The summed E-state index contributed by atoms with van der Waals surface area (Å²) in [4.78, 5) is 5.13. The molecule has 3 N–H and O–H groups in total. The zero-order valence-corrected chi connectivity index (χ0v) is 19.5. The molecule has 0 saturated heterocycles. The van der Waals surface area contributed by atoms with Gasteiger partial charge in [0.05, 0.1) is 10.2 Å². The Balaban J connectivity index is 1.81. The number of hydrazine groups is 1. The van der Waals surface area contributed by atoms with Gasteiger partial charge in [-0.05, 0) is 32.3 Å². The number of benzene rings is 6. The molecule has 8 rings (SSSR count). The maximum atomic E-state index is 6.10. The minimum atomic E-state index is 0.724. The van der Waals surface area contributed by atoms with Crippen LogP contribution in [0.25, 0.3) is 74.2 Å². The van der Waals surface area contributed by atoms with Crippen LogP contribution in [0, 0.1) is 0 Å². The average Bonchev–Trinajstić information content (AvgIpc) is 3.34. The smallest absolute Gasteiger partial charge is 0.158 e. The minimum absolute atomic E-state index is 0.724. The molecule has 0 spiro atoms. The number of fused-ring (bicyclic) bond motifs is 15. The highest BCUT2D eigenvalue weighted by Gasteiger charge is 2.21. The highest BCUT2D eigenvalue weighted by Crippen LogP contribution is 2.50. The van der Waals surface area contributed by atoms with E-state index in [1.807, 2.05) is 0 Å². The van der Waals surface area contributed by atoms with E-state index in [4.69, 9.17) is 10.8 Å². The Morgan fingerprint density at radius 2 is 0.943 bits per heavy atom. The predicted molar refractivity (Wildman–Crippen MR) is 152 cm³/mol. The molecule has 0 aliphatic carbocycles. The summed E-state index contributed by atoms with van der Waals surface area (Å²) in [6.45, 7) is 0. The number of nitrogens with one attached hydrogen (secondary N) is 1. The normalized spacial score (nSPS) is 12.1. The van der Waals surface area contributed by atoms with Crippen LogP contribution in [0.2, 0.25) is 0 Å². The van der Waals surface area contributed by atoms with Crippen molar-refractivity contribution in [3.63, 3.8) is 0 Å². The third-order valence-electron chi connectivity index (χ3n) is 7.30. The molecule has 0 atom stereocenters. The van der Waals surface area contributed by atoms with Crippen LogP contribution in [0.15, 0.2) is 97.1 Å². The maximum Gasteiger partial charge on any atom is 0.158 e. The molecule has 2 heterocycles. The highest BCUT2D eigenvalue weighted by molar-refractivity contribution is 7.27. The second-order valence-corrected chi connectivity index (χ2v) is 10.0. The van der Waals surface area contributed by atoms with Crippen LogP contribution in [-0.4, -0.2) is 4.98 Å². The van der Waals surface area contributed by atoms with E-state index in [-0.39, 0.29) is 0 Å². The first-order valence-electron chi connectivity index (χ1n) is 11.7. The van der Waals surface area contributed by atoms with Gasteiger partial charge >= 0.3 is 0 Å². The Labute approximate surface area is 204 Å². The highest BCUT2D eigenvalue weighted by atomic mass is 32.1. The minimum Gasteiger partial charge on any atom is -0.307 e. The molecule has 0 aliphatic rings. The number of thiophene rings is 1. The molecule has 35 heavy (non-hydrogen) atoms. The summed E-state index contributed by atoms with van der Waals surface area (Å²) < 4.78 is 2.37. The summed E-state index contributed by atoms with van der Waals surface area (Å²) in [6, 6.07) is 34.7. The Hall–Kier alpha value is -4.25. The topological polar surface area (TPSA) is 50.9 Å². The van der Waals surface area contributed by atoms with Crippen molar-refractivity contribution in [2.24, 2.45) is 5.84 Å². The zero-order chi connectivity index (χ0) is 23.1. The van der Waals surface area contributed by atoms with Crippen molar-refractivity contribution in [3.05, 3.63) is 97.1 Å². The number of hydrogen-bond donors (Lipinski definition) is 2. The molecule has 2 aromatic heterocycles. The van der Waals surface area contributed by atoms with Gasteiger partial charge < -0.3 is 5.43 Å². The number of anilines is 1. The molecule has 0 bridgehead atoms. The molecule has 0 unspecified atom stereocenters. The van der Waals surface area contributed by atoms with Crippen molar-refractivity contribution < 1.29 is 0 Å². The molecule has 0 aliphatic heterocycles. The molecule has 0 fully saturated rings. The number of nitrogen functional groups attached to an aromatic ring is 1. The fourth-order valence-electron chi connectivity index (χ4n) is 5.89. The van der Waals surface area contributed by atoms with Crippen LogP contribution in [-0.2, 0) is 0 Å². The van der Waals surface area contributed by atoms with Crippen LogP contribution in [0.4, 0.5) is 5.82 Å². The van der Waals surface area contributed by atoms with Crippen molar-refractivity contribution in [1.29, 1.82) is 0 Å². The standard InChI is InChI=1S/C31H19N3S/c32-34-31-30-27(25-21-13-5-1-9-17(21)19-11-3-7-15-23(19)28(25)33-31)26-22-14-6-2-10-18(22)20-12-4-8-16-24(20)29(26)35-30/h1-16H,32H2,(H,33,34). The van der Waals surface area contributed by atoms with E-state index in [9.17, 15) is 0 Å². The van der Waals surface area contributed by atoms with E-state index >= 15 is 0 Å². The van der Waals surface area contributed by atoms with Crippen LogP contribution >= 0.6 is 11.3 Å². The molecule has 0 saturated carbocycles. The van der Waals surface area contributed by atoms with Crippen molar-refractivity contribution in [2.45, 2.75) is 0 Å². The fraction of sp³-hybridized carbons (Fsp3) is 0. The third-order valence-corrected chi connectivity index (χ3v) is 8.53. The Morgan fingerprint density at radius 3 is 1.54 bits per heavy atom. The monoisotopic (exact) mass is 465 g/mol. The second kappa shape index (κ2) is 6.89. The summed E-state index contributed by atoms with van der Waals surface area (Å²) in [5, 5.41) is 13.6. The SMILES string of the molecule is NNc1nc2c3ccccc3c3ccccc3c2c2c1sc1c3ccccc3c3ccccc3c12. The van der Waals surface area contributed by atoms with Gasteiger partial charge in [0.15, 0.2) is 5.82 Å². The van der Waals surface area contributed by atoms with Gasteiger partial charge in [0.1, 0.15) is 0 Å². The van der Waals surface area contributed by atoms with E-state index < -0.39 is 0 Å². The first kappa shape index (κ1) is 19.1. The van der Waals surface area contributed by atoms with Gasteiger partial charge in [-0.2, -0.15) is 0 Å². The van der Waals surface area contributed by atoms with E-state index in [2.05, 4.69) is 102 Å². The molecule has 0 amide bonds.